The fraction of sp³-hybridized carbons (Fsp3) is 0.174. The summed E-state index contributed by atoms with van der Waals surface area (Å²) in [6, 6.07) is 11.9. The summed E-state index contributed by atoms with van der Waals surface area (Å²) in [7, 11) is 0. The van der Waals surface area contributed by atoms with Crippen LogP contribution in [0.3, 0.4) is 0 Å². The van der Waals surface area contributed by atoms with Crippen LogP contribution in [0.1, 0.15) is 28.4 Å². The van der Waals surface area contributed by atoms with Gasteiger partial charge in [-0.05, 0) is 19.1 Å². The van der Waals surface area contributed by atoms with Crippen molar-refractivity contribution in [1.29, 1.82) is 0 Å². The normalized spacial score (nSPS) is 10.8. The van der Waals surface area contributed by atoms with Gasteiger partial charge in [0.1, 0.15) is 28.7 Å². The Morgan fingerprint density at radius 2 is 1.88 bits per heavy atom. The molecular formula is C23H18F2N4O5. The highest BCUT2D eigenvalue weighted by Crippen LogP contribution is 2.33. The molecule has 2 aromatic carbocycles. The molecule has 0 unspecified atom stereocenters. The van der Waals surface area contributed by atoms with Crippen LogP contribution in [-0.4, -0.2) is 33.8 Å². The number of halogens is 2. The molecule has 0 fully saturated rings. The first kappa shape index (κ1) is 22.8. The standard InChI is InChI=1S/C23H18F2N4O5/c1-13-20(21(29-34-13)14-5-3-2-4-6-14)23-28-27-18(33-23)12-32-19(30)9-10-26-22(31)16-8-7-15(24)11-17(16)25/h2-8,11H,9-10,12H2,1H3,(H,26,31). The molecule has 0 radical (unpaired) electrons. The fourth-order valence-corrected chi connectivity index (χ4v) is 3.09. The Kier molecular flexibility index (Phi) is 6.72. The second kappa shape index (κ2) is 10.0. The minimum absolute atomic E-state index is 0.0559. The van der Waals surface area contributed by atoms with Crippen molar-refractivity contribution in [3.63, 3.8) is 0 Å². The molecule has 0 saturated heterocycles. The Bertz CT molecular complexity index is 1320. The van der Waals surface area contributed by atoms with Gasteiger partial charge < -0.3 is 19.0 Å². The number of amides is 1. The van der Waals surface area contributed by atoms with E-state index in [0.717, 1.165) is 17.7 Å². The number of nitrogens with zero attached hydrogens (tertiary/aromatic N) is 3. The molecule has 4 rings (SSSR count). The average Bonchev–Trinajstić information content (AvgIpc) is 3.44. The smallest absolute Gasteiger partial charge is 0.308 e. The maximum atomic E-state index is 13.6. The number of hydrogen-bond acceptors (Lipinski definition) is 8. The second-order valence-corrected chi connectivity index (χ2v) is 7.12. The lowest BCUT2D eigenvalue weighted by Gasteiger charge is -2.06. The molecule has 0 aliphatic heterocycles. The lowest BCUT2D eigenvalue weighted by atomic mass is 10.1. The van der Waals surface area contributed by atoms with E-state index in [1.54, 1.807) is 6.92 Å². The van der Waals surface area contributed by atoms with Crippen molar-refractivity contribution in [3.05, 3.63) is 77.4 Å². The highest BCUT2D eigenvalue weighted by atomic mass is 19.1. The molecule has 1 amide bonds. The topological polar surface area (TPSA) is 120 Å². The molecule has 2 heterocycles. The van der Waals surface area contributed by atoms with Crippen molar-refractivity contribution < 1.29 is 32.0 Å². The van der Waals surface area contributed by atoms with Gasteiger partial charge in [0.05, 0.1) is 12.0 Å². The van der Waals surface area contributed by atoms with E-state index in [1.165, 1.54) is 0 Å². The van der Waals surface area contributed by atoms with Gasteiger partial charge in [-0.15, -0.1) is 10.2 Å². The monoisotopic (exact) mass is 468 g/mol. The van der Waals surface area contributed by atoms with Crippen LogP contribution in [0, 0.1) is 18.6 Å². The number of carbonyl (C=O) groups is 2. The molecule has 2 aromatic heterocycles. The van der Waals surface area contributed by atoms with Crippen molar-refractivity contribution in [2.75, 3.05) is 6.54 Å². The summed E-state index contributed by atoms with van der Waals surface area (Å²) in [6.07, 6.45) is -0.182. The highest BCUT2D eigenvalue weighted by molar-refractivity contribution is 5.94. The van der Waals surface area contributed by atoms with Crippen LogP contribution < -0.4 is 5.32 Å². The van der Waals surface area contributed by atoms with Crippen LogP contribution in [0.4, 0.5) is 8.78 Å². The lowest BCUT2D eigenvalue weighted by Crippen LogP contribution is -2.27. The predicted molar refractivity (Wildman–Crippen MR) is 113 cm³/mol. The summed E-state index contributed by atoms with van der Waals surface area (Å²) in [5.74, 6) is -2.50. The number of ether oxygens (including phenoxy) is 1. The zero-order chi connectivity index (χ0) is 24.1. The van der Waals surface area contributed by atoms with Gasteiger partial charge in [0, 0.05) is 18.2 Å². The lowest BCUT2D eigenvalue weighted by molar-refractivity contribution is -0.145. The second-order valence-electron chi connectivity index (χ2n) is 7.12. The Morgan fingerprint density at radius 3 is 2.65 bits per heavy atom. The molecule has 4 aromatic rings. The third-order valence-electron chi connectivity index (χ3n) is 4.74. The highest BCUT2D eigenvalue weighted by Gasteiger charge is 2.22. The summed E-state index contributed by atoms with van der Waals surface area (Å²) < 4.78 is 42.5. The molecule has 0 aliphatic rings. The fourth-order valence-electron chi connectivity index (χ4n) is 3.09. The van der Waals surface area contributed by atoms with E-state index in [2.05, 4.69) is 20.7 Å². The number of hydrogen-bond donors (Lipinski definition) is 1. The summed E-state index contributed by atoms with van der Waals surface area (Å²) in [6.45, 7) is 1.33. The van der Waals surface area contributed by atoms with E-state index < -0.39 is 23.5 Å². The first-order valence-electron chi connectivity index (χ1n) is 10.2. The molecule has 11 heteroatoms. The SMILES string of the molecule is Cc1onc(-c2ccccc2)c1-c1nnc(COC(=O)CCNC(=O)c2ccc(F)cc2F)o1. The van der Waals surface area contributed by atoms with Gasteiger partial charge in [0.15, 0.2) is 6.61 Å². The molecular weight excluding hydrogens is 450 g/mol. The van der Waals surface area contributed by atoms with Gasteiger partial charge >= 0.3 is 5.97 Å². The number of aromatic nitrogens is 3. The Balaban J connectivity index is 1.30. The minimum atomic E-state index is -0.995. The molecule has 0 bridgehead atoms. The van der Waals surface area contributed by atoms with E-state index in [0.29, 0.717) is 23.1 Å². The minimum Gasteiger partial charge on any atom is -0.456 e. The Hall–Kier alpha value is -4.41. The van der Waals surface area contributed by atoms with E-state index in [-0.39, 0.29) is 36.9 Å². The van der Waals surface area contributed by atoms with Gasteiger partial charge in [-0.3, -0.25) is 9.59 Å². The van der Waals surface area contributed by atoms with E-state index in [4.69, 9.17) is 13.7 Å². The largest absolute Gasteiger partial charge is 0.456 e. The van der Waals surface area contributed by atoms with Crippen LogP contribution in [0.2, 0.25) is 0 Å². The number of nitrogens with one attached hydrogen (secondary N) is 1. The zero-order valence-electron chi connectivity index (χ0n) is 17.9. The molecule has 0 atom stereocenters. The van der Waals surface area contributed by atoms with Crippen molar-refractivity contribution >= 4 is 11.9 Å². The van der Waals surface area contributed by atoms with Crippen LogP contribution in [0.25, 0.3) is 22.7 Å². The number of benzene rings is 2. The molecule has 0 saturated carbocycles. The molecule has 174 valence electrons. The quantitative estimate of drug-likeness (QED) is 0.387. The summed E-state index contributed by atoms with van der Waals surface area (Å²) in [5.41, 5.74) is 1.56. The van der Waals surface area contributed by atoms with E-state index in [1.807, 2.05) is 30.3 Å². The molecule has 1 N–H and O–H groups in total. The van der Waals surface area contributed by atoms with Gasteiger partial charge in [-0.1, -0.05) is 35.5 Å². The summed E-state index contributed by atoms with van der Waals surface area (Å²) in [4.78, 5) is 23.9. The molecule has 0 spiro atoms. The van der Waals surface area contributed by atoms with Gasteiger partial charge in [-0.25, -0.2) is 8.78 Å². The third kappa shape index (κ3) is 5.14. The first-order chi connectivity index (χ1) is 16.4. The maximum Gasteiger partial charge on any atom is 0.308 e. The summed E-state index contributed by atoms with van der Waals surface area (Å²) >= 11 is 0. The van der Waals surface area contributed by atoms with Crippen molar-refractivity contribution in [3.8, 4) is 22.7 Å². The maximum absolute atomic E-state index is 13.6. The molecule has 34 heavy (non-hydrogen) atoms. The Labute approximate surface area is 191 Å². The predicted octanol–water partition coefficient (Wildman–Crippen LogP) is 3.84. The number of esters is 1. The van der Waals surface area contributed by atoms with E-state index in [9.17, 15) is 18.4 Å². The van der Waals surface area contributed by atoms with E-state index >= 15 is 0 Å². The van der Waals surface area contributed by atoms with Crippen LogP contribution in [-0.2, 0) is 16.1 Å². The number of aryl methyl sites for hydroxylation is 1. The summed E-state index contributed by atoms with van der Waals surface area (Å²) in [5, 5.41) is 14.3. The van der Waals surface area contributed by atoms with Gasteiger partial charge in [0.2, 0.25) is 0 Å². The van der Waals surface area contributed by atoms with Crippen LogP contribution in [0.15, 0.2) is 57.5 Å². The van der Waals surface area contributed by atoms with Crippen LogP contribution in [0.5, 0.6) is 0 Å². The van der Waals surface area contributed by atoms with Crippen molar-refractivity contribution in [2.45, 2.75) is 20.0 Å². The van der Waals surface area contributed by atoms with Crippen molar-refractivity contribution in [2.24, 2.45) is 0 Å². The average molecular weight is 468 g/mol. The van der Waals surface area contributed by atoms with Gasteiger partial charge in [0.25, 0.3) is 17.7 Å². The van der Waals surface area contributed by atoms with Gasteiger partial charge in [-0.2, -0.15) is 0 Å². The number of carbonyl (C=O) groups excluding carboxylic acids is 2. The number of rotatable bonds is 8. The molecule has 9 nitrogen and oxygen atoms in total. The first-order valence-corrected chi connectivity index (χ1v) is 10.2. The molecule has 0 aliphatic carbocycles. The van der Waals surface area contributed by atoms with Crippen molar-refractivity contribution in [1.82, 2.24) is 20.7 Å². The zero-order valence-corrected chi connectivity index (χ0v) is 17.9. The third-order valence-corrected chi connectivity index (χ3v) is 4.74. The van der Waals surface area contributed by atoms with Crippen LogP contribution >= 0.6 is 0 Å². The Morgan fingerprint density at radius 1 is 1.09 bits per heavy atom.